The van der Waals surface area contributed by atoms with Gasteiger partial charge in [0.15, 0.2) is 0 Å². The molecule has 0 radical (unpaired) electrons. The molecular formula is C11H12Cl2O. The Morgan fingerprint density at radius 3 is 2.64 bits per heavy atom. The van der Waals surface area contributed by atoms with Crippen molar-refractivity contribution in [1.82, 2.24) is 0 Å². The molecule has 0 aromatic heterocycles. The van der Waals surface area contributed by atoms with Gasteiger partial charge in [0, 0.05) is 5.56 Å². The average molecular weight is 231 g/mol. The van der Waals surface area contributed by atoms with E-state index in [2.05, 4.69) is 6.92 Å². The topological polar surface area (TPSA) is 20.2 Å². The average Bonchev–Trinajstić information content (AvgIpc) is 2.87. The highest BCUT2D eigenvalue weighted by Crippen LogP contribution is 2.48. The van der Waals surface area contributed by atoms with Gasteiger partial charge in [-0.15, -0.1) is 0 Å². The van der Waals surface area contributed by atoms with Gasteiger partial charge in [0.1, 0.15) is 0 Å². The SMILES string of the molecule is CC1CC1C(O)c1cccc(Cl)c1Cl. The minimum Gasteiger partial charge on any atom is -0.388 e. The van der Waals surface area contributed by atoms with Crippen LogP contribution in [0.15, 0.2) is 18.2 Å². The highest BCUT2D eigenvalue weighted by Gasteiger charge is 2.40. The van der Waals surface area contributed by atoms with Gasteiger partial charge >= 0.3 is 0 Å². The van der Waals surface area contributed by atoms with E-state index in [0.717, 1.165) is 12.0 Å². The molecule has 0 amide bonds. The fourth-order valence-corrected chi connectivity index (χ4v) is 2.19. The largest absolute Gasteiger partial charge is 0.388 e. The van der Waals surface area contributed by atoms with Crippen LogP contribution in [0.3, 0.4) is 0 Å². The molecule has 1 aromatic carbocycles. The first-order chi connectivity index (χ1) is 6.61. The lowest BCUT2D eigenvalue weighted by Crippen LogP contribution is -2.01. The molecule has 1 aliphatic carbocycles. The van der Waals surface area contributed by atoms with Crippen molar-refractivity contribution in [1.29, 1.82) is 0 Å². The van der Waals surface area contributed by atoms with E-state index >= 15 is 0 Å². The molecule has 0 aliphatic heterocycles. The molecule has 0 saturated heterocycles. The van der Waals surface area contributed by atoms with Crippen LogP contribution in [-0.4, -0.2) is 5.11 Å². The van der Waals surface area contributed by atoms with Gasteiger partial charge in [-0.1, -0.05) is 42.3 Å². The molecule has 76 valence electrons. The van der Waals surface area contributed by atoms with Crippen molar-refractivity contribution >= 4 is 23.2 Å². The number of hydrogen-bond donors (Lipinski definition) is 1. The molecule has 2 rings (SSSR count). The summed E-state index contributed by atoms with van der Waals surface area (Å²) in [5, 5.41) is 11.0. The Hall–Kier alpha value is -0.240. The van der Waals surface area contributed by atoms with E-state index in [0.29, 0.717) is 21.9 Å². The number of rotatable bonds is 2. The van der Waals surface area contributed by atoms with Crippen LogP contribution in [0.4, 0.5) is 0 Å². The van der Waals surface area contributed by atoms with Gasteiger partial charge in [0.05, 0.1) is 16.1 Å². The van der Waals surface area contributed by atoms with Gasteiger partial charge in [-0.3, -0.25) is 0 Å². The van der Waals surface area contributed by atoms with Crippen LogP contribution in [0.2, 0.25) is 10.0 Å². The Morgan fingerprint density at radius 1 is 1.43 bits per heavy atom. The summed E-state index contributed by atoms with van der Waals surface area (Å²) in [4.78, 5) is 0. The number of aliphatic hydroxyl groups excluding tert-OH is 1. The van der Waals surface area contributed by atoms with Crippen LogP contribution in [0, 0.1) is 11.8 Å². The van der Waals surface area contributed by atoms with Crippen molar-refractivity contribution in [3.63, 3.8) is 0 Å². The van der Waals surface area contributed by atoms with E-state index in [-0.39, 0.29) is 0 Å². The van der Waals surface area contributed by atoms with Gasteiger partial charge in [-0.2, -0.15) is 0 Å². The summed E-state index contributed by atoms with van der Waals surface area (Å²) >= 11 is 11.9. The lowest BCUT2D eigenvalue weighted by molar-refractivity contribution is 0.148. The van der Waals surface area contributed by atoms with E-state index in [4.69, 9.17) is 23.2 Å². The summed E-state index contributed by atoms with van der Waals surface area (Å²) < 4.78 is 0. The normalized spacial score (nSPS) is 27.4. The van der Waals surface area contributed by atoms with Crippen LogP contribution in [0.1, 0.15) is 25.0 Å². The molecule has 3 atom stereocenters. The number of aliphatic hydroxyl groups is 1. The fraction of sp³-hybridized carbons (Fsp3) is 0.455. The Bertz CT molecular complexity index is 351. The van der Waals surface area contributed by atoms with Crippen LogP contribution >= 0.6 is 23.2 Å². The predicted molar refractivity (Wildman–Crippen MR) is 58.7 cm³/mol. The second-order valence-electron chi connectivity index (χ2n) is 3.96. The number of benzene rings is 1. The van der Waals surface area contributed by atoms with Crippen LogP contribution in [0.25, 0.3) is 0 Å². The smallest absolute Gasteiger partial charge is 0.0835 e. The molecule has 1 fully saturated rings. The molecule has 3 unspecified atom stereocenters. The first-order valence-corrected chi connectivity index (χ1v) is 5.49. The first-order valence-electron chi connectivity index (χ1n) is 4.73. The molecule has 3 heteroatoms. The van der Waals surface area contributed by atoms with E-state index in [9.17, 15) is 5.11 Å². The molecule has 1 aliphatic rings. The van der Waals surface area contributed by atoms with Gasteiger partial charge in [-0.25, -0.2) is 0 Å². The van der Waals surface area contributed by atoms with Crippen molar-refractivity contribution in [3.05, 3.63) is 33.8 Å². The summed E-state index contributed by atoms with van der Waals surface area (Å²) in [5.74, 6) is 0.950. The third kappa shape index (κ3) is 1.77. The monoisotopic (exact) mass is 230 g/mol. The fourth-order valence-electron chi connectivity index (χ4n) is 1.77. The summed E-state index contributed by atoms with van der Waals surface area (Å²) in [5.41, 5.74) is 0.758. The lowest BCUT2D eigenvalue weighted by Gasteiger charge is -2.12. The van der Waals surface area contributed by atoms with Crippen LogP contribution in [0.5, 0.6) is 0 Å². The van der Waals surface area contributed by atoms with E-state index in [1.807, 2.05) is 12.1 Å². The Labute approximate surface area is 93.7 Å². The summed E-state index contributed by atoms with van der Waals surface area (Å²) in [6.07, 6.45) is 0.612. The second-order valence-corrected chi connectivity index (χ2v) is 4.75. The van der Waals surface area contributed by atoms with Crippen LogP contribution in [-0.2, 0) is 0 Å². The van der Waals surface area contributed by atoms with Crippen molar-refractivity contribution in [2.24, 2.45) is 11.8 Å². The maximum atomic E-state index is 9.99. The summed E-state index contributed by atoms with van der Waals surface area (Å²) in [6.45, 7) is 2.13. The molecule has 1 aromatic rings. The molecule has 1 nitrogen and oxygen atoms in total. The third-order valence-electron chi connectivity index (χ3n) is 2.88. The molecule has 0 spiro atoms. The maximum Gasteiger partial charge on any atom is 0.0835 e. The second kappa shape index (κ2) is 3.73. The van der Waals surface area contributed by atoms with E-state index < -0.39 is 6.10 Å². The molecule has 0 heterocycles. The molecule has 1 saturated carbocycles. The minimum absolute atomic E-state index is 0.353. The van der Waals surface area contributed by atoms with Crippen molar-refractivity contribution in [3.8, 4) is 0 Å². The van der Waals surface area contributed by atoms with E-state index in [1.165, 1.54) is 0 Å². The van der Waals surface area contributed by atoms with Gasteiger partial charge in [-0.05, 0) is 24.3 Å². The minimum atomic E-state index is -0.462. The Kier molecular flexibility index (Phi) is 2.74. The Balaban J connectivity index is 2.27. The molecule has 14 heavy (non-hydrogen) atoms. The van der Waals surface area contributed by atoms with E-state index in [1.54, 1.807) is 6.07 Å². The van der Waals surface area contributed by atoms with Gasteiger partial charge in [0.2, 0.25) is 0 Å². The number of halogens is 2. The van der Waals surface area contributed by atoms with Gasteiger partial charge < -0.3 is 5.11 Å². The highest BCUT2D eigenvalue weighted by atomic mass is 35.5. The summed E-state index contributed by atoms with van der Waals surface area (Å²) in [7, 11) is 0. The maximum absolute atomic E-state index is 9.99. The quantitative estimate of drug-likeness (QED) is 0.822. The zero-order valence-corrected chi connectivity index (χ0v) is 9.39. The number of hydrogen-bond acceptors (Lipinski definition) is 1. The summed E-state index contributed by atoms with van der Waals surface area (Å²) in [6, 6.07) is 5.39. The molecule has 1 N–H and O–H groups in total. The van der Waals surface area contributed by atoms with Crippen molar-refractivity contribution in [2.75, 3.05) is 0 Å². The standard InChI is InChI=1S/C11H12Cl2O/c1-6-5-8(6)11(14)7-3-2-4-9(12)10(7)13/h2-4,6,8,11,14H,5H2,1H3. The van der Waals surface area contributed by atoms with Gasteiger partial charge in [0.25, 0.3) is 0 Å². The lowest BCUT2D eigenvalue weighted by atomic mass is 10.0. The van der Waals surface area contributed by atoms with Crippen molar-refractivity contribution in [2.45, 2.75) is 19.4 Å². The molecule has 0 bridgehead atoms. The van der Waals surface area contributed by atoms with Crippen molar-refractivity contribution < 1.29 is 5.11 Å². The first kappa shape index (κ1) is 10.3. The molecular weight excluding hydrogens is 219 g/mol. The zero-order valence-electron chi connectivity index (χ0n) is 7.87. The van der Waals surface area contributed by atoms with Crippen LogP contribution < -0.4 is 0 Å². The Morgan fingerprint density at radius 2 is 2.07 bits per heavy atom. The highest BCUT2D eigenvalue weighted by molar-refractivity contribution is 6.42. The predicted octanol–water partition coefficient (Wildman–Crippen LogP) is 3.68. The third-order valence-corrected chi connectivity index (χ3v) is 3.71. The zero-order chi connectivity index (χ0) is 10.3.